The van der Waals surface area contributed by atoms with Gasteiger partial charge in [0.1, 0.15) is 11.4 Å². The van der Waals surface area contributed by atoms with E-state index in [-0.39, 0.29) is 12.1 Å². The lowest BCUT2D eigenvalue weighted by atomic mass is 9.98. The molecule has 290 valence electrons. The second kappa shape index (κ2) is 17.5. The number of carbonyl (C=O) groups is 2. The molecule has 0 spiro atoms. The molecular formula is C39H46Cl2N10O4. The summed E-state index contributed by atoms with van der Waals surface area (Å²) in [6.07, 6.45) is 6.14. The van der Waals surface area contributed by atoms with Crippen molar-refractivity contribution in [2.45, 2.75) is 38.0 Å². The quantitative estimate of drug-likeness (QED) is 0.131. The molecule has 3 amide bonds. The largest absolute Gasteiger partial charge is 0.480 e. The number of nitrogens with one attached hydrogen (secondary N) is 2. The molecule has 3 aliphatic heterocycles. The fourth-order valence-corrected chi connectivity index (χ4v) is 8.39. The highest BCUT2D eigenvalue weighted by Gasteiger charge is 2.34. The molecule has 7 rings (SSSR count). The van der Waals surface area contributed by atoms with Gasteiger partial charge in [-0.2, -0.15) is 0 Å². The molecule has 4 aromatic rings. The number of carbonyl (C=O) groups excluding carboxylic acids is 2. The van der Waals surface area contributed by atoms with Crippen molar-refractivity contribution in [2.75, 3.05) is 73.6 Å². The van der Waals surface area contributed by atoms with Crippen molar-refractivity contribution >= 4 is 35.6 Å². The van der Waals surface area contributed by atoms with Crippen LogP contribution in [0.5, 0.6) is 11.8 Å². The van der Waals surface area contributed by atoms with E-state index in [1.54, 1.807) is 26.6 Å². The van der Waals surface area contributed by atoms with Gasteiger partial charge in [-0.3, -0.25) is 24.6 Å². The molecule has 3 fully saturated rings. The lowest BCUT2D eigenvalue weighted by Gasteiger charge is -2.24. The van der Waals surface area contributed by atoms with Crippen molar-refractivity contribution in [3.8, 4) is 45.4 Å². The standard InChI is InChI=1S/C39H46Cl2N10O4/c1-48(16-12-42-24-52)25-10-14-49(20-25)22-33-37(54-2)46-31(18-44-33)29-8-4-6-27(35(29)40)28-7-5-9-30(36(28)41)32-19-45-34(38(47-32)55-3)23-50-15-11-26(21-50)51-17-13-43-39(51)53/h4-9,18-19,24-26H,10-17,20-23H2,1-3H3,(H,42,52)(H,43,53). The fraction of sp³-hybridized carbons (Fsp3) is 0.436. The molecule has 14 nitrogen and oxygen atoms in total. The number of nitrogens with zero attached hydrogens (tertiary/aromatic N) is 8. The first kappa shape index (κ1) is 38.7. The number of benzene rings is 2. The second-order valence-corrected chi connectivity index (χ2v) is 14.8. The summed E-state index contributed by atoms with van der Waals surface area (Å²) in [4.78, 5) is 50.9. The van der Waals surface area contributed by atoms with Gasteiger partial charge in [-0.25, -0.2) is 14.8 Å². The Kier molecular flexibility index (Phi) is 12.3. The zero-order chi connectivity index (χ0) is 38.5. The Bertz CT molecular complexity index is 2020. The van der Waals surface area contributed by atoms with E-state index in [9.17, 15) is 9.59 Å². The molecule has 2 atom stereocenters. The van der Waals surface area contributed by atoms with E-state index in [4.69, 9.17) is 52.6 Å². The number of aromatic nitrogens is 4. The molecule has 2 unspecified atom stereocenters. The van der Waals surface area contributed by atoms with Crippen molar-refractivity contribution in [3.05, 3.63) is 70.2 Å². The van der Waals surface area contributed by atoms with Crippen LogP contribution in [0.3, 0.4) is 0 Å². The van der Waals surface area contributed by atoms with Crippen LogP contribution >= 0.6 is 23.2 Å². The molecule has 16 heteroatoms. The molecule has 0 saturated carbocycles. The molecule has 2 N–H and O–H groups in total. The van der Waals surface area contributed by atoms with Gasteiger partial charge in [-0.15, -0.1) is 0 Å². The van der Waals surface area contributed by atoms with Crippen LogP contribution in [-0.2, 0) is 17.9 Å². The SMILES string of the molecule is COc1nc(-c2cccc(-c3cccc(-c4cnc(CN5CCC(N6CCNC6=O)C5)c(OC)n4)c3Cl)c2Cl)cnc1CN1CCC(N(C)CCNC=O)C1. The Labute approximate surface area is 331 Å². The third-order valence-corrected chi connectivity index (χ3v) is 11.6. The van der Waals surface area contributed by atoms with Crippen LogP contribution in [0.2, 0.25) is 10.0 Å². The second-order valence-electron chi connectivity index (χ2n) is 14.1. The predicted octanol–water partition coefficient (Wildman–Crippen LogP) is 4.44. The van der Waals surface area contributed by atoms with E-state index in [0.717, 1.165) is 81.0 Å². The highest BCUT2D eigenvalue weighted by Crippen LogP contribution is 2.42. The fourth-order valence-electron chi connectivity index (χ4n) is 7.74. The first-order valence-electron chi connectivity index (χ1n) is 18.5. The summed E-state index contributed by atoms with van der Waals surface area (Å²) in [6, 6.07) is 12.1. The number of hydrogen-bond donors (Lipinski definition) is 2. The van der Waals surface area contributed by atoms with Crippen molar-refractivity contribution in [3.63, 3.8) is 0 Å². The first-order chi connectivity index (χ1) is 26.8. The average molecular weight is 790 g/mol. The van der Waals surface area contributed by atoms with Gasteiger partial charge in [-0.05, 0) is 19.9 Å². The Morgan fingerprint density at radius 3 is 1.96 bits per heavy atom. The number of rotatable bonds is 15. The van der Waals surface area contributed by atoms with Crippen LogP contribution in [0.25, 0.3) is 33.6 Å². The van der Waals surface area contributed by atoms with E-state index in [2.05, 4.69) is 32.4 Å². The monoisotopic (exact) mass is 788 g/mol. The third kappa shape index (κ3) is 8.48. The van der Waals surface area contributed by atoms with Crippen LogP contribution < -0.4 is 20.1 Å². The van der Waals surface area contributed by atoms with Crippen molar-refractivity contribution in [2.24, 2.45) is 0 Å². The van der Waals surface area contributed by atoms with E-state index in [0.29, 0.717) is 76.5 Å². The van der Waals surface area contributed by atoms with E-state index in [1.807, 2.05) is 41.3 Å². The zero-order valence-corrected chi connectivity index (χ0v) is 32.8. The number of ether oxygens (including phenoxy) is 2. The number of halogens is 2. The molecule has 0 aliphatic carbocycles. The molecule has 0 bridgehead atoms. The summed E-state index contributed by atoms with van der Waals surface area (Å²) in [5.74, 6) is 0.878. The number of likely N-dealkylation sites (N-methyl/N-ethyl adjacent to an activating group) is 1. The predicted molar refractivity (Wildman–Crippen MR) is 211 cm³/mol. The third-order valence-electron chi connectivity index (χ3n) is 10.7. The summed E-state index contributed by atoms with van der Waals surface area (Å²) < 4.78 is 11.4. The van der Waals surface area contributed by atoms with Gasteiger partial charge in [-0.1, -0.05) is 59.6 Å². The zero-order valence-electron chi connectivity index (χ0n) is 31.3. The molecule has 2 aromatic carbocycles. The van der Waals surface area contributed by atoms with Gasteiger partial charge < -0.3 is 29.9 Å². The Morgan fingerprint density at radius 2 is 1.42 bits per heavy atom. The number of hydrogen-bond acceptors (Lipinski definition) is 11. The summed E-state index contributed by atoms with van der Waals surface area (Å²) in [5.41, 5.74) is 5.49. The molecule has 55 heavy (non-hydrogen) atoms. The van der Waals surface area contributed by atoms with Crippen LogP contribution in [0.1, 0.15) is 24.2 Å². The van der Waals surface area contributed by atoms with Gasteiger partial charge >= 0.3 is 6.03 Å². The van der Waals surface area contributed by atoms with Crippen LogP contribution in [0.4, 0.5) is 4.79 Å². The van der Waals surface area contributed by atoms with Gasteiger partial charge in [0.2, 0.25) is 18.2 Å². The molecule has 0 radical (unpaired) electrons. The Morgan fingerprint density at radius 1 is 0.855 bits per heavy atom. The Balaban J connectivity index is 1.07. The molecule has 5 heterocycles. The van der Waals surface area contributed by atoms with Gasteiger partial charge in [0.25, 0.3) is 0 Å². The van der Waals surface area contributed by atoms with Crippen LogP contribution in [-0.4, -0.2) is 138 Å². The average Bonchev–Trinajstić information content (AvgIpc) is 3.97. The summed E-state index contributed by atoms with van der Waals surface area (Å²) in [5, 5.41) is 6.59. The normalized spacial score (nSPS) is 18.9. The summed E-state index contributed by atoms with van der Waals surface area (Å²) in [7, 11) is 5.28. The van der Waals surface area contributed by atoms with E-state index in [1.165, 1.54) is 0 Å². The maximum Gasteiger partial charge on any atom is 0.317 e. The van der Waals surface area contributed by atoms with E-state index < -0.39 is 0 Å². The van der Waals surface area contributed by atoms with Crippen molar-refractivity contribution in [1.29, 1.82) is 0 Å². The number of urea groups is 1. The maximum atomic E-state index is 12.2. The van der Waals surface area contributed by atoms with E-state index >= 15 is 0 Å². The molecule has 2 aromatic heterocycles. The van der Waals surface area contributed by atoms with Crippen LogP contribution in [0.15, 0.2) is 48.8 Å². The summed E-state index contributed by atoms with van der Waals surface area (Å²) >= 11 is 14.3. The van der Waals surface area contributed by atoms with Gasteiger partial charge in [0, 0.05) is 99.8 Å². The first-order valence-corrected chi connectivity index (χ1v) is 19.3. The maximum absolute atomic E-state index is 12.2. The number of amides is 3. The topological polar surface area (TPSA) is 141 Å². The van der Waals surface area contributed by atoms with Crippen LogP contribution in [0, 0.1) is 0 Å². The number of likely N-dealkylation sites (tertiary alicyclic amines) is 2. The molecular weight excluding hydrogens is 743 g/mol. The van der Waals surface area contributed by atoms with Crippen molar-refractivity contribution in [1.82, 2.24) is 50.2 Å². The van der Waals surface area contributed by atoms with Gasteiger partial charge in [0.15, 0.2) is 0 Å². The lowest BCUT2D eigenvalue weighted by molar-refractivity contribution is -0.109. The lowest BCUT2D eigenvalue weighted by Crippen LogP contribution is -2.39. The highest BCUT2D eigenvalue weighted by atomic mass is 35.5. The minimum absolute atomic E-state index is 0.0123. The minimum atomic E-state index is 0.0123. The smallest absolute Gasteiger partial charge is 0.317 e. The molecule has 3 aliphatic rings. The minimum Gasteiger partial charge on any atom is -0.480 e. The number of methoxy groups -OCH3 is 2. The van der Waals surface area contributed by atoms with Gasteiger partial charge in [0.05, 0.1) is 48.0 Å². The highest BCUT2D eigenvalue weighted by molar-refractivity contribution is 6.39. The Hall–Kier alpha value is -4.60. The van der Waals surface area contributed by atoms with Crippen molar-refractivity contribution < 1.29 is 19.1 Å². The molecule has 3 saturated heterocycles. The summed E-state index contributed by atoms with van der Waals surface area (Å²) in [6.45, 7) is 7.48.